The zero-order valence-corrected chi connectivity index (χ0v) is 12.1. The van der Waals surface area contributed by atoms with E-state index in [2.05, 4.69) is 33.2 Å². The zero-order chi connectivity index (χ0) is 13.5. The van der Waals surface area contributed by atoms with Crippen LogP contribution in [0.25, 0.3) is 0 Å². The lowest BCUT2D eigenvalue weighted by Gasteiger charge is -2.12. The van der Waals surface area contributed by atoms with Crippen LogP contribution in [0.4, 0.5) is 10.5 Å². The third-order valence-corrected chi connectivity index (χ3v) is 3.41. The summed E-state index contributed by atoms with van der Waals surface area (Å²) < 4.78 is 0.926. The number of nitrogens with one attached hydrogen (secondary N) is 2. The molecule has 6 heteroatoms. The lowest BCUT2D eigenvalue weighted by Crippen LogP contribution is -2.35. The first-order valence-electron chi connectivity index (χ1n) is 5.56. The molecule has 2 amide bonds. The topological polar surface area (TPSA) is 78.4 Å². The van der Waals surface area contributed by atoms with Crippen LogP contribution < -0.4 is 10.6 Å². The van der Waals surface area contributed by atoms with Crippen LogP contribution in [0.15, 0.2) is 24.3 Å². The molecule has 18 heavy (non-hydrogen) atoms. The summed E-state index contributed by atoms with van der Waals surface area (Å²) >= 11 is 2.12. The number of benzene rings is 1. The normalized spacial score (nSPS) is 11.7. The lowest BCUT2D eigenvalue weighted by atomic mass is 10.1. The molecule has 0 radical (unpaired) electrons. The van der Waals surface area contributed by atoms with Crippen molar-refractivity contribution < 1.29 is 14.7 Å². The first-order valence-corrected chi connectivity index (χ1v) is 6.64. The van der Waals surface area contributed by atoms with E-state index < -0.39 is 11.9 Å². The number of anilines is 1. The summed E-state index contributed by atoms with van der Waals surface area (Å²) in [5.74, 6) is -1.45. The molecule has 1 unspecified atom stereocenters. The standard InChI is InChI=1S/C12H15IN2O3/c1-2-8(11(16)17)7-14-12(18)15-10-6-4-3-5-9(10)13/h3-6,8H,2,7H2,1H3,(H,16,17)(H2,14,15,18). The van der Waals surface area contributed by atoms with Crippen molar-refractivity contribution in [2.45, 2.75) is 13.3 Å². The van der Waals surface area contributed by atoms with Crippen molar-refractivity contribution in [3.05, 3.63) is 27.8 Å². The van der Waals surface area contributed by atoms with Crippen molar-refractivity contribution in [3.63, 3.8) is 0 Å². The van der Waals surface area contributed by atoms with Gasteiger partial charge < -0.3 is 15.7 Å². The Morgan fingerprint density at radius 1 is 1.39 bits per heavy atom. The second-order valence-corrected chi connectivity index (χ2v) is 4.92. The van der Waals surface area contributed by atoms with Crippen molar-refractivity contribution in [1.29, 1.82) is 0 Å². The Morgan fingerprint density at radius 2 is 2.06 bits per heavy atom. The number of carboxylic acid groups (broad SMARTS) is 1. The number of carbonyl (C=O) groups is 2. The molecule has 5 nitrogen and oxygen atoms in total. The quantitative estimate of drug-likeness (QED) is 0.705. The van der Waals surface area contributed by atoms with Gasteiger partial charge in [-0.25, -0.2) is 4.79 Å². The second-order valence-electron chi connectivity index (χ2n) is 3.76. The minimum absolute atomic E-state index is 0.126. The van der Waals surface area contributed by atoms with Crippen LogP contribution in [0, 0.1) is 9.49 Å². The Kier molecular flexibility index (Phi) is 5.90. The molecule has 98 valence electrons. The van der Waals surface area contributed by atoms with Gasteiger partial charge in [0.15, 0.2) is 0 Å². The van der Waals surface area contributed by atoms with Gasteiger partial charge in [-0.15, -0.1) is 0 Å². The summed E-state index contributed by atoms with van der Waals surface area (Å²) in [6, 6.07) is 6.98. The van der Waals surface area contributed by atoms with Gasteiger partial charge in [-0.05, 0) is 41.1 Å². The Morgan fingerprint density at radius 3 is 2.61 bits per heavy atom. The van der Waals surface area contributed by atoms with E-state index >= 15 is 0 Å². The van der Waals surface area contributed by atoms with Crippen molar-refractivity contribution >= 4 is 40.3 Å². The Labute approximate surface area is 119 Å². The zero-order valence-electron chi connectivity index (χ0n) is 9.94. The molecular formula is C12H15IN2O3. The fourth-order valence-corrected chi connectivity index (χ4v) is 1.87. The molecule has 0 spiro atoms. The van der Waals surface area contributed by atoms with E-state index in [4.69, 9.17) is 5.11 Å². The van der Waals surface area contributed by atoms with Gasteiger partial charge >= 0.3 is 12.0 Å². The van der Waals surface area contributed by atoms with Crippen molar-refractivity contribution in [3.8, 4) is 0 Å². The number of amides is 2. The van der Waals surface area contributed by atoms with Crippen LogP contribution in [0.1, 0.15) is 13.3 Å². The van der Waals surface area contributed by atoms with Crippen molar-refractivity contribution in [2.75, 3.05) is 11.9 Å². The number of aliphatic carboxylic acids is 1. The number of hydrogen-bond acceptors (Lipinski definition) is 2. The number of rotatable bonds is 5. The van der Waals surface area contributed by atoms with Crippen LogP contribution in [0.2, 0.25) is 0 Å². The average Bonchev–Trinajstić information content (AvgIpc) is 2.32. The molecule has 0 aliphatic rings. The van der Waals surface area contributed by atoms with Crippen LogP contribution in [-0.4, -0.2) is 23.7 Å². The first kappa shape index (κ1) is 14.7. The molecule has 0 aliphatic carbocycles. The molecule has 1 atom stereocenters. The summed E-state index contributed by atoms with van der Waals surface area (Å²) in [6.45, 7) is 1.90. The Hall–Kier alpha value is -1.31. The molecule has 0 saturated carbocycles. The van der Waals surface area contributed by atoms with Crippen LogP contribution in [0.3, 0.4) is 0 Å². The van der Waals surface area contributed by atoms with Gasteiger partial charge in [0, 0.05) is 10.1 Å². The SMILES string of the molecule is CCC(CNC(=O)Nc1ccccc1I)C(=O)O. The smallest absolute Gasteiger partial charge is 0.319 e. The predicted molar refractivity (Wildman–Crippen MR) is 77.6 cm³/mol. The molecule has 0 aromatic heterocycles. The maximum atomic E-state index is 11.6. The largest absolute Gasteiger partial charge is 0.481 e. The number of carboxylic acids is 1. The molecule has 3 N–H and O–H groups in total. The highest BCUT2D eigenvalue weighted by atomic mass is 127. The molecular weight excluding hydrogens is 347 g/mol. The van der Waals surface area contributed by atoms with Gasteiger partial charge in [-0.1, -0.05) is 19.1 Å². The highest BCUT2D eigenvalue weighted by molar-refractivity contribution is 14.1. The summed E-state index contributed by atoms with van der Waals surface area (Å²) in [5, 5.41) is 14.1. The number of para-hydroxylation sites is 1. The van der Waals surface area contributed by atoms with Gasteiger partial charge in [-0.2, -0.15) is 0 Å². The molecule has 0 fully saturated rings. The van der Waals surface area contributed by atoms with Crippen LogP contribution in [0.5, 0.6) is 0 Å². The number of halogens is 1. The predicted octanol–water partition coefficient (Wildman–Crippen LogP) is 2.52. The molecule has 1 aromatic rings. The average molecular weight is 362 g/mol. The van der Waals surface area contributed by atoms with Crippen molar-refractivity contribution in [1.82, 2.24) is 5.32 Å². The lowest BCUT2D eigenvalue weighted by molar-refractivity contribution is -0.141. The Balaban J connectivity index is 2.48. The van der Waals surface area contributed by atoms with Gasteiger partial charge in [0.1, 0.15) is 0 Å². The van der Waals surface area contributed by atoms with Gasteiger partial charge in [0.05, 0.1) is 11.6 Å². The van der Waals surface area contributed by atoms with Crippen LogP contribution >= 0.6 is 22.6 Å². The number of hydrogen-bond donors (Lipinski definition) is 3. The van der Waals surface area contributed by atoms with E-state index in [1.54, 1.807) is 13.0 Å². The maximum Gasteiger partial charge on any atom is 0.319 e. The highest BCUT2D eigenvalue weighted by Gasteiger charge is 2.15. The fourth-order valence-electron chi connectivity index (χ4n) is 1.35. The molecule has 0 heterocycles. The van der Waals surface area contributed by atoms with E-state index in [1.807, 2.05) is 18.2 Å². The molecule has 1 aromatic carbocycles. The maximum absolute atomic E-state index is 11.6. The molecule has 0 saturated heterocycles. The fraction of sp³-hybridized carbons (Fsp3) is 0.333. The van der Waals surface area contributed by atoms with Gasteiger partial charge in [0.25, 0.3) is 0 Å². The summed E-state index contributed by atoms with van der Waals surface area (Å²) in [4.78, 5) is 22.4. The molecule has 0 bridgehead atoms. The van der Waals surface area contributed by atoms with Crippen molar-refractivity contribution in [2.24, 2.45) is 5.92 Å². The molecule has 0 aliphatic heterocycles. The number of carbonyl (C=O) groups excluding carboxylic acids is 1. The van der Waals surface area contributed by atoms with Gasteiger partial charge in [-0.3, -0.25) is 4.79 Å². The van der Waals surface area contributed by atoms with E-state index in [9.17, 15) is 9.59 Å². The first-order chi connectivity index (χ1) is 8.54. The van der Waals surface area contributed by atoms with E-state index in [1.165, 1.54) is 0 Å². The monoisotopic (exact) mass is 362 g/mol. The van der Waals surface area contributed by atoms with E-state index in [-0.39, 0.29) is 12.6 Å². The highest BCUT2D eigenvalue weighted by Crippen LogP contribution is 2.16. The molecule has 1 rings (SSSR count). The summed E-state index contributed by atoms with van der Waals surface area (Å²) in [6.07, 6.45) is 0.485. The van der Waals surface area contributed by atoms with Crippen LogP contribution in [-0.2, 0) is 4.79 Å². The Bertz CT molecular complexity index is 437. The number of urea groups is 1. The summed E-state index contributed by atoms with van der Waals surface area (Å²) in [7, 11) is 0. The van der Waals surface area contributed by atoms with E-state index in [0.29, 0.717) is 12.1 Å². The van der Waals surface area contributed by atoms with Gasteiger partial charge in [0.2, 0.25) is 0 Å². The third-order valence-electron chi connectivity index (χ3n) is 2.47. The summed E-state index contributed by atoms with van der Waals surface area (Å²) in [5.41, 5.74) is 0.707. The third kappa shape index (κ3) is 4.52. The minimum atomic E-state index is -0.896. The minimum Gasteiger partial charge on any atom is -0.481 e. The second kappa shape index (κ2) is 7.20. The van der Waals surface area contributed by atoms with E-state index in [0.717, 1.165) is 3.57 Å².